The van der Waals surface area contributed by atoms with Crippen LogP contribution in [0.3, 0.4) is 0 Å². The molecule has 0 unspecified atom stereocenters. The van der Waals surface area contributed by atoms with Crippen LogP contribution in [0.15, 0.2) is 54.7 Å². The number of fused-ring (bicyclic) bond motifs is 5. The molecule has 0 aliphatic carbocycles. The molecule has 0 bridgehead atoms. The van der Waals surface area contributed by atoms with Crippen LogP contribution >= 0.6 is 0 Å². The van der Waals surface area contributed by atoms with Crippen LogP contribution in [-0.4, -0.2) is 25.9 Å². The minimum Gasteiger partial charge on any atom is -0.493 e. The van der Waals surface area contributed by atoms with E-state index in [0.29, 0.717) is 17.9 Å². The number of non-ortho nitro benzene ring substituents is 1. The van der Waals surface area contributed by atoms with Crippen LogP contribution in [-0.2, 0) is 19.4 Å². The van der Waals surface area contributed by atoms with Gasteiger partial charge in [-0.2, -0.15) is 4.57 Å². The number of hydrogen-bond donors (Lipinski definition) is 0. The number of aryl methyl sites for hydroxylation is 2. The second kappa shape index (κ2) is 8.16. The molecule has 6 rings (SSSR count). The predicted molar refractivity (Wildman–Crippen MR) is 128 cm³/mol. The van der Waals surface area contributed by atoms with Crippen molar-refractivity contribution < 1.29 is 28.4 Å². The third kappa shape index (κ3) is 3.41. The molecule has 35 heavy (non-hydrogen) atoms. The Bertz CT molecular complexity index is 1510. The Kier molecular flexibility index (Phi) is 4.95. The van der Waals surface area contributed by atoms with E-state index in [1.165, 1.54) is 11.6 Å². The average molecular weight is 471 g/mol. The summed E-state index contributed by atoms with van der Waals surface area (Å²) >= 11 is 0. The van der Waals surface area contributed by atoms with Gasteiger partial charge in [-0.05, 0) is 35.4 Å². The van der Waals surface area contributed by atoms with Crippen molar-refractivity contribution in [3.63, 3.8) is 0 Å². The molecule has 0 saturated carbocycles. The largest absolute Gasteiger partial charge is 0.493 e. The molecule has 0 N–H and O–H groups in total. The maximum absolute atomic E-state index is 11.4. The second-order valence-corrected chi connectivity index (χ2v) is 8.63. The first kappa shape index (κ1) is 21.2. The smallest absolute Gasteiger partial charge is 0.269 e. The lowest BCUT2D eigenvalue weighted by Gasteiger charge is -2.21. The van der Waals surface area contributed by atoms with E-state index in [-0.39, 0.29) is 17.4 Å². The lowest BCUT2D eigenvalue weighted by Crippen LogP contribution is -2.41. The van der Waals surface area contributed by atoms with Crippen molar-refractivity contribution in [1.82, 2.24) is 0 Å². The summed E-state index contributed by atoms with van der Waals surface area (Å²) in [6.07, 6.45) is 3.46. The molecule has 0 fully saturated rings. The fraction of sp³-hybridized carbons (Fsp3) is 0.222. The number of ether oxygens (including phenoxy) is 4. The molecule has 2 aliphatic rings. The zero-order valence-corrected chi connectivity index (χ0v) is 19.4. The number of hydrogen-bond acceptors (Lipinski definition) is 6. The first-order valence-electron chi connectivity index (χ1n) is 11.3. The Morgan fingerprint density at radius 2 is 1.86 bits per heavy atom. The Labute approximate surface area is 201 Å². The molecular formula is C27H23N2O6+. The first-order valence-corrected chi connectivity index (χ1v) is 11.3. The van der Waals surface area contributed by atoms with Crippen LogP contribution < -0.4 is 23.5 Å². The summed E-state index contributed by atoms with van der Waals surface area (Å²) in [5.41, 5.74) is 5.33. The Morgan fingerprint density at radius 3 is 2.63 bits per heavy atom. The van der Waals surface area contributed by atoms with Gasteiger partial charge in [-0.15, -0.1) is 0 Å². The molecular weight excluding hydrogens is 448 g/mol. The average Bonchev–Trinajstić information content (AvgIpc) is 3.33. The van der Waals surface area contributed by atoms with Crippen LogP contribution in [0.4, 0.5) is 5.69 Å². The highest BCUT2D eigenvalue weighted by atomic mass is 16.7. The van der Waals surface area contributed by atoms with E-state index in [9.17, 15) is 10.1 Å². The van der Waals surface area contributed by atoms with Gasteiger partial charge in [0.2, 0.25) is 12.5 Å². The van der Waals surface area contributed by atoms with E-state index in [1.807, 2.05) is 24.3 Å². The van der Waals surface area contributed by atoms with Crippen LogP contribution in [0.25, 0.3) is 22.0 Å². The molecule has 1 aromatic heterocycles. The summed E-state index contributed by atoms with van der Waals surface area (Å²) in [5.74, 6) is 2.81. The molecule has 0 atom stereocenters. The van der Waals surface area contributed by atoms with E-state index < -0.39 is 0 Å². The third-order valence-corrected chi connectivity index (χ3v) is 6.74. The van der Waals surface area contributed by atoms with Gasteiger partial charge in [-0.25, -0.2) is 0 Å². The first-order chi connectivity index (χ1) is 17.1. The highest BCUT2D eigenvalue weighted by molar-refractivity contribution is 5.95. The molecule has 0 spiro atoms. The molecule has 3 heterocycles. The quantitative estimate of drug-likeness (QED) is 0.240. The fourth-order valence-electron chi connectivity index (χ4n) is 5.17. The van der Waals surface area contributed by atoms with Crippen LogP contribution in [0.2, 0.25) is 0 Å². The van der Waals surface area contributed by atoms with Crippen molar-refractivity contribution in [2.45, 2.75) is 19.4 Å². The molecule has 3 aromatic carbocycles. The summed E-state index contributed by atoms with van der Waals surface area (Å²) in [4.78, 5) is 11.1. The Hall–Kier alpha value is -4.33. The maximum atomic E-state index is 11.4. The lowest BCUT2D eigenvalue weighted by molar-refractivity contribution is -0.686. The van der Waals surface area contributed by atoms with Gasteiger partial charge < -0.3 is 18.9 Å². The van der Waals surface area contributed by atoms with Gasteiger partial charge in [0.15, 0.2) is 35.7 Å². The molecule has 0 radical (unpaired) electrons. The lowest BCUT2D eigenvalue weighted by atomic mass is 9.88. The Morgan fingerprint density at radius 1 is 1.03 bits per heavy atom. The minimum absolute atomic E-state index is 0.0762. The Balaban J connectivity index is 1.64. The topological polar surface area (TPSA) is 83.9 Å². The van der Waals surface area contributed by atoms with Gasteiger partial charge in [-0.1, -0.05) is 12.1 Å². The third-order valence-electron chi connectivity index (χ3n) is 6.74. The predicted octanol–water partition coefficient (Wildman–Crippen LogP) is 4.60. The van der Waals surface area contributed by atoms with E-state index in [1.54, 1.807) is 26.4 Å². The van der Waals surface area contributed by atoms with E-state index in [4.69, 9.17) is 18.9 Å². The molecule has 4 aromatic rings. The van der Waals surface area contributed by atoms with Gasteiger partial charge in [0.25, 0.3) is 5.69 Å². The summed E-state index contributed by atoms with van der Waals surface area (Å²) in [6, 6.07) is 14.9. The zero-order chi connectivity index (χ0) is 24.1. The van der Waals surface area contributed by atoms with E-state index in [2.05, 4.69) is 16.8 Å². The highest BCUT2D eigenvalue weighted by Crippen LogP contribution is 2.44. The highest BCUT2D eigenvalue weighted by Gasteiger charge is 2.32. The van der Waals surface area contributed by atoms with Crippen LogP contribution in [0, 0.1) is 10.1 Å². The minimum atomic E-state index is -0.360. The van der Waals surface area contributed by atoms with Crippen molar-refractivity contribution >= 4 is 16.5 Å². The molecule has 176 valence electrons. The van der Waals surface area contributed by atoms with Gasteiger partial charge in [0.05, 0.1) is 30.1 Å². The van der Waals surface area contributed by atoms with Gasteiger partial charge in [-0.3, -0.25) is 10.1 Å². The van der Waals surface area contributed by atoms with Crippen molar-refractivity contribution in [3.8, 4) is 34.3 Å². The normalized spacial score (nSPS) is 13.3. The van der Waals surface area contributed by atoms with Crippen LogP contribution in [0.5, 0.6) is 23.0 Å². The monoisotopic (exact) mass is 471 g/mol. The van der Waals surface area contributed by atoms with Crippen molar-refractivity contribution in [3.05, 3.63) is 81.5 Å². The summed E-state index contributed by atoms with van der Waals surface area (Å²) in [6.45, 7) is 0.994. The van der Waals surface area contributed by atoms with Crippen molar-refractivity contribution in [2.24, 2.45) is 0 Å². The molecule has 0 saturated heterocycles. The van der Waals surface area contributed by atoms with E-state index in [0.717, 1.165) is 57.6 Å². The standard InChI is InChI=1S/C27H23N2O6/c1-32-23-7-6-19-21(11-16-4-3-5-18(10-16)29(30)31)26-20-13-25-24(34-15-35-25)12-17(20)8-9-28(26)14-22(19)27(23)33-2/h3-7,10,12-14H,8-9,11,15H2,1-2H3/q+1. The number of nitro benzene ring substituents is 1. The summed E-state index contributed by atoms with van der Waals surface area (Å²) < 4.78 is 24.9. The number of methoxy groups -OCH3 is 2. The van der Waals surface area contributed by atoms with Gasteiger partial charge in [0, 0.05) is 35.9 Å². The maximum Gasteiger partial charge on any atom is 0.269 e. The second-order valence-electron chi connectivity index (χ2n) is 8.63. The van der Waals surface area contributed by atoms with Gasteiger partial charge in [0.1, 0.15) is 0 Å². The molecule has 8 heteroatoms. The number of nitro groups is 1. The van der Waals surface area contributed by atoms with E-state index >= 15 is 0 Å². The fourth-order valence-corrected chi connectivity index (χ4v) is 5.17. The summed E-state index contributed by atoms with van der Waals surface area (Å²) in [7, 11) is 3.26. The van der Waals surface area contributed by atoms with Gasteiger partial charge >= 0.3 is 0 Å². The number of pyridine rings is 1. The van der Waals surface area contributed by atoms with Crippen molar-refractivity contribution in [2.75, 3.05) is 21.0 Å². The number of rotatable bonds is 5. The number of aromatic nitrogens is 1. The number of benzene rings is 3. The zero-order valence-electron chi connectivity index (χ0n) is 19.4. The molecule has 0 amide bonds. The number of nitrogens with zero attached hydrogens (tertiary/aromatic N) is 2. The van der Waals surface area contributed by atoms with Crippen molar-refractivity contribution in [1.29, 1.82) is 0 Å². The SMILES string of the molecule is COc1ccc2c(Cc3cccc([N+](=O)[O-])c3)c3[n+](cc2c1OC)CCc1cc2c(cc1-3)OCO2. The molecule has 8 nitrogen and oxygen atoms in total. The van der Waals surface area contributed by atoms with Crippen LogP contribution in [0.1, 0.15) is 16.7 Å². The summed E-state index contributed by atoms with van der Waals surface area (Å²) in [5, 5.41) is 13.4. The molecule has 2 aliphatic heterocycles.